The Bertz CT molecular complexity index is 273. The number of nitrogens with zero attached hydrogens (tertiary/aromatic N) is 1. The van der Waals surface area contributed by atoms with Gasteiger partial charge in [0.15, 0.2) is 0 Å². The van der Waals surface area contributed by atoms with Gasteiger partial charge in [-0.2, -0.15) is 0 Å². The van der Waals surface area contributed by atoms with Crippen LogP contribution in [0.5, 0.6) is 0 Å². The summed E-state index contributed by atoms with van der Waals surface area (Å²) < 4.78 is 0. The van der Waals surface area contributed by atoms with E-state index in [2.05, 4.69) is 4.98 Å². The van der Waals surface area contributed by atoms with Crippen molar-refractivity contribution in [2.45, 2.75) is 12.8 Å². The zero-order valence-corrected chi connectivity index (χ0v) is 6.93. The molecule has 0 bridgehead atoms. The van der Waals surface area contributed by atoms with Gasteiger partial charge in [0, 0.05) is 23.3 Å². The third-order valence-electron chi connectivity index (χ3n) is 1.43. The van der Waals surface area contributed by atoms with Crippen LogP contribution in [0.3, 0.4) is 0 Å². The number of alkyl halides is 1. The molecule has 0 aliphatic heterocycles. The fraction of sp³-hybridized carbons (Fsp3) is 0.250. The van der Waals surface area contributed by atoms with Gasteiger partial charge < -0.3 is 0 Å². The maximum absolute atomic E-state index is 10.5. The fourth-order valence-electron chi connectivity index (χ4n) is 0.831. The maximum Gasteiger partial charge on any atom is 0.150 e. The number of aromatic nitrogens is 1. The second kappa shape index (κ2) is 3.49. The Morgan fingerprint density at radius 2 is 2.45 bits per heavy atom. The lowest BCUT2D eigenvalue weighted by Gasteiger charge is -1.99. The molecule has 3 heteroatoms. The monoisotopic (exact) mass is 169 g/mol. The molecule has 58 valence electrons. The van der Waals surface area contributed by atoms with Crippen molar-refractivity contribution in [2.75, 3.05) is 0 Å². The molecule has 1 aromatic heterocycles. The van der Waals surface area contributed by atoms with Crippen LogP contribution in [0, 0.1) is 6.92 Å². The van der Waals surface area contributed by atoms with Gasteiger partial charge in [0.05, 0.1) is 0 Å². The van der Waals surface area contributed by atoms with Crippen LogP contribution in [0.4, 0.5) is 0 Å². The summed E-state index contributed by atoms with van der Waals surface area (Å²) in [5.41, 5.74) is 2.25. The number of carbonyl (C=O) groups excluding carboxylic acids is 1. The van der Waals surface area contributed by atoms with Gasteiger partial charge in [0.1, 0.15) is 6.29 Å². The molecule has 0 aromatic carbocycles. The number of rotatable bonds is 2. The van der Waals surface area contributed by atoms with Crippen molar-refractivity contribution in [1.82, 2.24) is 4.98 Å². The second-order valence-corrected chi connectivity index (χ2v) is 2.54. The van der Waals surface area contributed by atoms with Crippen LogP contribution in [0.25, 0.3) is 0 Å². The Morgan fingerprint density at radius 3 is 3.00 bits per heavy atom. The number of pyridine rings is 1. The first kappa shape index (κ1) is 8.21. The number of aldehydes is 1. The van der Waals surface area contributed by atoms with Crippen LogP contribution in [0.2, 0.25) is 0 Å². The first-order valence-corrected chi connectivity index (χ1v) is 3.78. The lowest BCUT2D eigenvalue weighted by Crippen LogP contribution is -1.92. The third kappa shape index (κ3) is 1.77. The van der Waals surface area contributed by atoms with E-state index in [1.54, 1.807) is 12.3 Å². The molecule has 0 saturated carbocycles. The Labute approximate surface area is 70.2 Å². The largest absolute Gasteiger partial charge is 0.298 e. The number of hydrogen-bond donors (Lipinski definition) is 0. The highest BCUT2D eigenvalue weighted by atomic mass is 35.5. The molecule has 2 nitrogen and oxygen atoms in total. The van der Waals surface area contributed by atoms with E-state index < -0.39 is 0 Å². The normalized spacial score (nSPS) is 9.64. The Hall–Kier alpha value is -0.890. The van der Waals surface area contributed by atoms with E-state index in [4.69, 9.17) is 11.6 Å². The molecule has 0 aliphatic rings. The Balaban J connectivity index is 3.16. The SMILES string of the molecule is Cc1cc(C=O)c(CCl)cn1. The highest BCUT2D eigenvalue weighted by Gasteiger charge is 1.99. The van der Waals surface area contributed by atoms with Gasteiger partial charge in [-0.15, -0.1) is 11.6 Å². The average molecular weight is 170 g/mol. The molecule has 0 atom stereocenters. The highest BCUT2D eigenvalue weighted by molar-refractivity contribution is 6.17. The molecule has 0 N–H and O–H groups in total. The lowest BCUT2D eigenvalue weighted by molar-refractivity contribution is 0.112. The quantitative estimate of drug-likeness (QED) is 0.500. The van der Waals surface area contributed by atoms with Gasteiger partial charge in [-0.25, -0.2) is 0 Å². The smallest absolute Gasteiger partial charge is 0.150 e. The molecule has 0 unspecified atom stereocenters. The van der Waals surface area contributed by atoms with Gasteiger partial charge in [-0.1, -0.05) is 0 Å². The zero-order valence-electron chi connectivity index (χ0n) is 6.17. The summed E-state index contributed by atoms with van der Waals surface area (Å²) in [6, 6.07) is 1.73. The van der Waals surface area contributed by atoms with Crippen LogP contribution in [-0.4, -0.2) is 11.3 Å². The summed E-state index contributed by atoms with van der Waals surface area (Å²) >= 11 is 5.56. The van der Waals surface area contributed by atoms with Crippen molar-refractivity contribution in [1.29, 1.82) is 0 Å². The first-order chi connectivity index (χ1) is 5.27. The van der Waals surface area contributed by atoms with Crippen molar-refractivity contribution in [3.63, 3.8) is 0 Å². The Kier molecular flexibility index (Phi) is 2.60. The fourth-order valence-corrected chi connectivity index (χ4v) is 1.05. The molecule has 0 radical (unpaired) electrons. The van der Waals surface area contributed by atoms with E-state index in [9.17, 15) is 4.79 Å². The van der Waals surface area contributed by atoms with E-state index in [-0.39, 0.29) is 0 Å². The van der Waals surface area contributed by atoms with Gasteiger partial charge in [-0.05, 0) is 18.6 Å². The van der Waals surface area contributed by atoms with Gasteiger partial charge in [-0.3, -0.25) is 9.78 Å². The molecule has 0 saturated heterocycles. The number of halogens is 1. The maximum atomic E-state index is 10.5. The molecule has 0 spiro atoms. The predicted octanol–water partition coefficient (Wildman–Crippen LogP) is 1.94. The predicted molar refractivity (Wildman–Crippen MR) is 43.9 cm³/mol. The van der Waals surface area contributed by atoms with Crippen molar-refractivity contribution in [3.05, 3.63) is 29.1 Å². The van der Waals surface area contributed by atoms with Crippen molar-refractivity contribution in [3.8, 4) is 0 Å². The number of aryl methyl sites for hydroxylation is 1. The highest BCUT2D eigenvalue weighted by Crippen LogP contribution is 2.08. The standard InChI is InChI=1S/C8H8ClNO/c1-6-2-7(5-11)8(3-9)4-10-6/h2,4-5H,3H2,1H3. The molecule has 1 aromatic rings. The number of hydrogen-bond acceptors (Lipinski definition) is 2. The van der Waals surface area contributed by atoms with Crippen LogP contribution in [0.15, 0.2) is 12.3 Å². The van der Waals surface area contributed by atoms with Gasteiger partial charge >= 0.3 is 0 Å². The minimum absolute atomic E-state index is 0.335. The number of carbonyl (C=O) groups is 1. The molecule has 0 aliphatic carbocycles. The van der Waals surface area contributed by atoms with E-state index in [1.165, 1.54) is 0 Å². The molecule has 1 heterocycles. The molecule has 11 heavy (non-hydrogen) atoms. The molecule has 0 amide bonds. The van der Waals surface area contributed by atoms with E-state index >= 15 is 0 Å². The topological polar surface area (TPSA) is 30.0 Å². The van der Waals surface area contributed by atoms with Crippen molar-refractivity contribution in [2.24, 2.45) is 0 Å². The molecule has 1 rings (SSSR count). The average Bonchev–Trinajstić information content (AvgIpc) is 2.04. The van der Waals surface area contributed by atoms with Gasteiger partial charge in [0.2, 0.25) is 0 Å². The second-order valence-electron chi connectivity index (χ2n) is 2.28. The van der Waals surface area contributed by atoms with Crippen LogP contribution < -0.4 is 0 Å². The van der Waals surface area contributed by atoms with Crippen LogP contribution in [0.1, 0.15) is 21.6 Å². The summed E-state index contributed by atoms with van der Waals surface area (Å²) in [4.78, 5) is 14.5. The summed E-state index contributed by atoms with van der Waals surface area (Å²) in [5, 5.41) is 0. The minimum atomic E-state index is 0.335. The third-order valence-corrected chi connectivity index (χ3v) is 1.72. The molecule has 0 fully saturated rings. The van der Waals surface area contributed by atoms with E-state index in [0.29, 0.717) is 11.4 Å². The molecular weight excluding hydrogens is 162 g/mol. The Morgan fingerprint density at radius 1 is 1.73 bits per heavy atom. The van der Waals surface area contributed by atoms with Crippen LogP contribution in [-0.2, 0) is 5.88 Å². The summed E-state index contributed by atoms with van der Waals surface area (Å²) in [6.07, 6.45) is 2.43. The zero-order chi connectivity index (χ0) is 8.27. The first-order valence-electron chi connectivity index (χ1n) is 3.24. The lowest BCUT2D eigenvalue weighted by atomic mass is 10.1. The van der Waals surface area contributed by atoms with Crippen LogP contribution >= 0.6 is 11.6 Å². The van der Waals surface area contributed by atoms with E-state index in [0.717, 1.165) is 17.5 Å². The summed E-state index contributed by atoms with van der Waals surface area (Å²) in [5.74, 6) is 0.335. The molecular formula is C8H8ClNO. The van der Waals surface area contributed by atoms with Crippen molar-refractivity contribution >= 4 is 17.9 Å². The summed E-state index contributed by atoms with van der Waals surface area (Å²) in [6.45, 7) is 1.84. The van der Waals surface area contributed by atoms with E-state index in [1.807, 2.05) is 6.92 Å². The van der Waals surface area contributed by atoms with Gasteiger partial charge in [0.25, 0.3) is 0 Å². The van der Waals surface area contributed by atoms with Crippen molar-refractivity contribution < 1.29 is 4.79 Å². The minimum Gasteiger partial charge on any atom is -0.298 e. The summed E-state index contributed by atoms with van der Waals surface area (Å²) in [7, 11) is 0.